The molecule has 1 amide bonds. The minimum Gasteiger partial charge on any atom is -0.438 e. The Bertz CT molecular complexity index is 1630. The summed E-state index contributed by atoms with van der Waals surface area (Å²) in [7, 11) is -4.05. The Hall–Kier alpha value is -3.51. The second kappa shape index (κ2) is 11.3. The van der Waals surface area contributed by atoms with Crippen LogP contribution in [0.1, 0.15) is 15.9 Å². The minimum absolute atomic E-state index is 0.0187. The zero-order valence-corrected chi connectivity index (χ0v) is 22.3. The van der Waals surface area contributed by atoms with E-state index in [1.54, 1.807) is 0 Å². The van der Waals surface area contributed by atoms with Gasteiger partial charge in [-0.15, -0.1) is 0 Å². The Morgan fingerprint density at radius 3 is 2.13 bits per heavy atom. The third-order valence-electron chi connectivity index (χ3n) is 5.06. The van der Waals surface area contributed by atoms with Gasteiger partial charge in [-0.2, -0.15) is 13.2 Å². The van der Waals surface area contributed by atoms with E-state index >= 15 is 0 Å². The van der Waals surface area contributed by atoms with Crippen molar-refractivity contribution in [1.82, 2.24) is 4.98 Å². The summed E-state index contributed by atoms with van der Waals surface area (Å²) < 4.78 is 71.8. The molecule has 0 radical (unpaired) electrons. The van der Waals surface area contributed by atoms with Gasteiger partial charge in [0.05, 0.1) is 21.7 Å². The molecule has 4 aromatic rings. The molecule has 0 saturated heterocycles. The molecule has 39 heavy (non-hydrogen) atoms. The van der Waals surface area contributed by atoms with Crippen LogP contribution in [0.15, 0.2) is 83.9 Å². The number of nitrogens with one attached hydrogen (secondary N) is 2. The van der Waals surface area contributed by atoms with Gasteiger partial charge in [-0.05, 0) is 72.8 Å². The number of nitrogens with zero attached hydrogens (tertiary/aromatic N) is 1. The van der Waals surface area contributed by atoms with E-state index in [-0.39, 0.29) is 37.8 Å². The van der Waals surface area contributed by atoms with Crippen molar-refractivity contribution in [2.45, 2.75) is 11.1 Å². The topological polar surface area (TPSA) is 97.4 Å². The number of amides is 1. The molecule has 3 aromatic carbocycles. The van der Waals surface area contributed by atoms with Crippen LogP contribution in [-0.4, -0.2) is 19.3 Å². The van der Waals surface area contributed by atoms with Crippen LogP contribution in [0, 0.1) is 0 Å². The standard InChI is InChI=1S/C25H15Cl3F3N3O4S/c26-15-1-8-19(9-2-15)39(36,37)34-22-10-3-16(27)12-20(22)23(35)33-17-4-6-18(7-5-17)38-24-21(28)11-14(13-32-24)25(29,30)31/h1-13,34H,(H,33,35). The second-order valence-electron chi connectivity index (χ2n) is 7.84. The van der Waals surface area contributed by atoms with Crippen molar-refractivity contribution in [3.63, 3.8) is 0 Å². The van der Waals surface area contributed by atoms with Crippen molar-refractivity contribution in [3.8, 4) is 11.6 Å². The maximum Gasteiger partial charge on any atom is 0.417 e. The van der Waals surface area contributed by atoms with Crippen LogP contribution >= 0.6 is 34.8 Å². The molecule has 1 heterocycles. The number of benzene rings is 3. The third-order valence-corrected chi connectivity index (χ3v) is 7.20. The number of aromatic nitrogens is 1. The molecule has 0 atom stereocenters. The van der Waals surface area contributed by atoms with Crippen molar-refractivity contribution >= 4 is 62.1 Å². The fourth-order valence-electron chi connectivity index (χ4n) is 3.18. The number of carbonyl (C=O) groups is 1. The number of rotatable bonds is 7. The summed E-state index contributed by atoms with van der Waals surface area (Å²) in [6.45, 7) is 0. The van der Waals surface area contributed by atoms with Gasteiger partial charge in [0.2, 0.25) is 5.88 Å². The highest BCUT2D eigenvalue weighted by molar-refractivity contribution is 7.92. The summed E-state index contributed by atoms with van der Waals surface area (Å²) in [4.78, 5) is 16.6. The molecule has 14 heteroatoms. The first-order chi connectivity index (χ1) is 18.3. The molecule has 4 rings (SSSR count). The molecular formula is C25H15Cl3F3N3O4S. The molecular weight excluding hydrogens is 602 g/mol. The average molecular weight is 617 g/mol. The van der Waals surface area contributed by atoms with Crippen LogP contribution in [0.2, 0.25) is 15.1 Å². The lowest BCUT2D eigenvalue weighted by molar-refractivity contribution is -0.137. The molecule has 0 saturated carbocycles. The summed E-state index contributed by atoms with van der Waals surface area (Å²) in [6.07, 6.45) is -4.01. The number of carbonyl (C=O) groups excluding carboxylic acids is 1. The van der Waals surface area contributed by atoms with Crippen molar-refractivity contribution < 1.29 is 31.1 Å². The zero-order valence-electron chi connectivity index (χ0n) is 19.3. The Kier molecular flexibility index (Phi) is 8.26. The van der Waals surface area contributed by atoms with Gasteiger partial charge in [0, 0.05) is 21.9 Å². The van der Waals surface area contributed by atoms with Crippen LogP contribution in [0.4, 0.5) is 24.5 Å². The Morgan fingerprint density at radius 2 is 1.51 bits per heavy atom. The molecule has 0 aliphatic heterocycles. The lowest BCUT2D eigenvalue weighted by atomic mass is 10.1. The molecule has 0 bridgehead atoms. The van der Waals surface area contributed by atoms with E-state index in [4.69, 9.17) is 39.5 Å². The number of hydrogen-bond donors (Lipinski definition) is 2. The Morgan fingerprint density at radius 1 is 0.872 bits per heavy atom. The van der Waals surface area contributed by atoms with Crippen molar-refractivity contribution in [3.05, 3.63) is 105 Å². The van der Waals surface area contributed by atoms with E-state index in [9.17, 15) is 26.4 Å². The predicted octanol–water partition coefficient (Wildman–Crippen LogP) is 7.91. The van der Waals surface area contributed by atoms with Gasteiger partial charge < -0.3 is 10.1 Å². The molecule has 0 fully saturated rings. The summed E-state index contributed by atoms with van der Waals surface area (Å²) in [5, 5.41) is 2.83. The van der Waals surface area contributed by atoms with Crippen molar-refractivity contribution in [2.24, 2.45) is 0 Å². The summed E-state index contributed by atoms with van der Waals surface area (Å²) in [5.41, 5.74) is -0.796. The first-order valence-electron chi connectivity index (χ1n) is 10.7. The Labute approximate surface area is 235 Å². The lowest BCUT2D eigenvalue weighted by Gasteiger charge is -2.14. The van der Waals surface area contributed by atoms with Gasteiger partial charge in [-0.25, -0.2) is 13.4 Å². The molecule has 0 aliphatic carbocycles. The van der Waals surface area contributed by atoms with Gasteiger partial charge in [0.15, 0.2) is 0 Å². The molecule has 2 N–H and O–H groups in total. The molecule has 0 unspecified atom stereocenters. The van der Waals surface area contributed by atoms with Crippen LogP contribution in [-0.2, 0) is 16.2 Å². The van der Waals surface area contributed by atoms with Gasteiger partial charge >= 0.3 is 6.18 Å². The van der Waals surface area contributed by atoms with Crippen molar-refractivity contribution in [2.75, 3.05) is 10.0 Å². The van der Waals surface area contributed by atoms with Gasteiger partial charge in [0.1, 0.15) is 10.8 Å². The predicted molar refractivity (Wildman–Crippen MR) is 142 cm³/mol. The molecule has 0 spiro atoms. The average Bonchev–Trinajstić information content (AvgIpc) is 2.87. The summed E-state index contributed by atoms with van der Waals surface area (Å²) in [6, 6.07) is 16.0. The van der Waals surface area contributed by atoms with Crippen LogP contribution in [0.3, 0.4) is 0 Å². The van der Waals surface area contributed by atoms with Crippen LogP contribution in [0.5, 0.6) is 11.6 Å². The summed E-state index contributed by atoms with van der Waals surface area (Å²) in [5.74, 6) is -0.730. The van der Waals surface area contributed by atoms with E-state index in [2.05, 4.69) is 15.0 Å². The fraction of sp³-hybridized carbons (Fsp3) is 0.0400. The number of pyridine rings is 1. The SMILES string of the molecule is O=C(Nc1ccc(Oc2ncc(C(F)(F)F)cc2Cl)cc1)c1cc(Cl)ccc1NS(=O)(=O)c1ccc(Cl)cc1. The first kappa shape index (κ1) is 28.5. The highest BCUT2D eigenvalue weighted by Crippen LogP contribution is 2.35. The molecule has 202 valence electrons. The maximum atomic E-state index is 13.0. The number of ether oxygens (including phenoxy) is 1. The molecule has 0 aliphatic rings. The third kappa shape index (κ3) is 7.12. The quantitative estimate of drug-likeness (QED) is 0.220. The van der Waals surface area contributed by atoms with E-state index in [0.717, 1.165) is 0 Å². The normalized spacial score (nSPS) is 11.6. The molecule has 1 aromatic heterocycles. The highest BCUT2D eigenvalue weighted by atomic mass is 35.5. The summed E-state index contributed by atoms with van der Waals surface area (Å²) >= 11 is 17.7. The zero-order chi connectivity index (χ0) is 28.4. The van der Waals surface area contributed by atoms with Crippen LogP contribution in [0.25, 0.3) is 0 Å². The number of alkyl halides is 3. The first-order valence-corrected chi connectivity index (χ1v) is 13.3. The van der Waals surface area contributed by atoms with E-state index in [0.29, 0.717) is 23.0 Å². The van der Waals surface area contributed by atoms with Gasteiger partial charge in [-0.1, -0.05) is 34.8 Å². The highest BCUT2D eigenvalue weighted by Gasteiger charge is 2.32. The Balaban J connectivity index is 1.49. The molecule has 7 nitrogen and oxygen atoms in total. The monoisotopic (exact) mass is 615 g/mol. The number of anilines is 2. The number of sulfonamides is 1. The van der Waals surface area contributed by atoms with E-state index in [1.807, 2.05) is 0 Å². The largest absolute Gasteiger partial charge is 0.438 e. The fourth-order valence-corrected chi connectivity index (χ4v) is 4.77. The maximum absolute atomic E-state index is 13.0. The number of halogens is 6. The minimum atomic E-state index is -4.60. The van der Waals surface area contributed by atoms with E-state index in [1.165, 1.54) is 66.7 Å². The lowest BCUT2D eigenvalue weighted by Crippen LogP contribution is -2.18. The second-order valence-corrected chi connectivity index (χ2v) is 10.8. The van der Waals surface area contributed by atoms with E-state index < -0.39 is 27.7 Å². The van der Waals surface area contributed by atoms with Gasteiger partial charge in [-0.3, -0.25) is 9.52 Å². The van der Waals surface area contributed by atoms with Crippen molar-refractivity contribution in [1.29, 1.82) is 0 Å². The van der Waals surface area contributed by atoms with Crippen LogP contribution < -0.4 is 14.8 Å². The number of hydrogen-bond acceptors (Lipinski definition) is 5. The smallest absolute Gasteiger partial charge is 0.417 e. The van der Waals surface area contributed by atoms with Gasteiger partial charge in [0.25, 0.3) is 15.9 Å².